The smallest absolute Gasteiger partial charge is 0.195 e. The van der Waals surface area contributed by atoms with Gasteiger partial charge in [-0.05, 0) is 26.1 Å². The van der Waals surface area contributed by atoms with Gasteiger partial charge in [0.05, 0.1) is 6.20 Å². The zero-order chi connectivity index (χ0) is 13.8. The number of aromatic nitrogens is 5. The Hall–Kier alpha value is -1.47. The summed E-state index contributed by atoms with van der Waals surface area (Å²) in [6, 6.07) is 0.281. The van der Waals surface area contributed by atoms with Crippen molar-refractivity contribution in [3.8, 4) is 0 Å². The zero-order valence-electron chi connectivity index (χ0n) is 10.7. The van der Waals surface area contributed by atoms with Crippen molar-refractivity contribution in [2.75, 3.05) is 11.9 Å². The number of nitrogens with one attached hydrogen (secondary N) is 2. The maximum absolute atomic E-state index is 5.96. The van der Waals surface area contributed by atoms with E-state index < -0.39 is 0 Å². The highest BCUT2D eigenvalue weighted by atomic mass is 35.5. The highest BCUT2D eigenvalue weighted by Crippen LogP contribution is 2.16. The fraction of sp³-hybridized carbons (Fsp3) is 0.455. The molecule has 0 aromatic carbocycles. The Bertz CT molecular complexity index is 605. The summed E-state index contributed by atoms with van der Waals surface area (Å²) in [7, 11) is 0. The number of hydrogen-bond acceptors (Lipinski definition) is 5. The molecule has 6 nitrogen and oxygen atoms in total. The van der Waals surface area contributed by atoms with Gasteiger partial charge in [0, 0.05) is 19.0 Å². The summed E-state index contributed by atoms with van der Waals surface area (Å²) in [6.07, 6.45) is 3.74. The summed E-state index contributed by atoms with van der Waals surface area (Å²) in [5.41, 5.74) is 0. The van der Waals surface area contributed by atoms with Crippen LogP contribution in [-0.2, 0) is 6.42 Å². The molecule has 0 unspecified atom stereocenters. The predicted molar refractivity (Wildman–Crippen MR) is 77.0 cm³/mol. The Morgan fingerprint density at radius 3 is 3.00 bits per heavy atom. The van der Waals surface area contributed by atoms with Crippen molar-refractivity contribution in [1.29, 1.82) is 0 Å². The third-order valence-corrected chi connectivity index (χ3v) is 3.17. The lowest BCUT2D eigenvalue weighted by atomic mass is 10.3. The standard InChI is InChI=1S/C11H15ClN6S/c1-7(2)18-9(16-17-11(18)19)3-4-14-10-8(12)5-13-6-15-10/h5-7H,3-4H2,1-2H3,(H,17,19)(H,13,14,15). The highest BCUT2D eigenvalue weighted by Gasteiger charge is 2.09. The molecule has 0 atom stereocenters. The molecule has 19 heavy (non-hydrogen) atoms. The fourth-order valence-electron chi connectivity index (χ4n) is 1.78. The van der Waals surface area contributed by atoms with Crippen LogP contribution in [0.15, 0.2) is 12.5 Å². The normalized spacial score (nSPS) is 10.9. The minimum Gasteiger partial charge on any atom is -0.368 e. The van der Waals surface area contributed by atoms with Gasteiger partial charge in [0.25, 0.3) is 0 Å². The summed E-state index contributed by atoms with van der Waals surface area (Å²) in [5.74, 6) is 1.54. The highest BCUT2D eigenvalue weighted by molar-refractivity contribution is 7.71. The molecule has 8 heteroatoms. The number of rotatable bonds is 5. The molecule has 2 rings (SSSR count). The van der Waals surface area contributed by atoms with Gasteiger partial charge >= 0.3 is 0 Å². The van der Waals surface area contributed by atoms with Gasteiger partial charge in [0.2, 0.25) is 0 Å². The van der Waals surface area contributed by atoms with Gasteiger partial charge in [-0.3, -0.25) is 5.10 Å². The summed E-state index contributed by atoms with van der Waals surface area (Å²) in [5, 5.41) is 10.7. The molecule has 0 amide bonds. The lowest BCUT2D eigenvalue weighted by Gasteiger charge is -2.11. The van der Waals surface area contributed by atoms with Crippen molar-refractivity contribution in [2.24, 2.45) is 0 Å². The van der Waals surface area contributed by atoms with Gasteiger partial charge in [-0.2, -0.15) is 5.10 Å². The van der Waals surface area contributed by atoms with Crippen LogP contribution >= 0.6 is 23.8 Å². The molecule has 0 bridgehead atoms. The van der Waals surface area contributed by atoms with Crippen LogP contribution in [0.4, 0.5) is 5.82 Å². The number of nitrogens with zero attached hydrogens (tertiary/aromatic N) is 4. The van der Waals surface area contributed by atoms with Crippen molar-refractivity contribution in [3.05, 3.63) is 28.1 Å². The van der Waals surface area contributed by atoms with Crippen molar-refractivity contribution >= 4 is 29.6 Å². The second-order valence-electron chi connectivity index (χ2n) is 4.30. The summed E-state index contributed by atoms with van der Waals surface area (Å²) in [6.45, 7) is 4.82. The number of halogens is 1. The van der Waals surface area contributed by atoms with Crippen LogP contribution in [0, 0.1) is 4.77 Å². The lowest BCUT2D eigenvalue weighted by molar-refractivity contribution is 0.562. The molecule has 102 valence electrons. The molecular formula is C11H15ClN6S. The molecule has 0 aliphatic heterocycles. The minimum atomic E-state index is 0.281. The van der Waals surface area contributed by atoms with Crippen molar-refractivity contribution < 1.29 is 0 Å². The lowest BCUT2D eigenvalue weighted by Crippen LogP contribution is -2.13. The maximum Gasteiger partial charge on any atom is 0.195 e. The predicted octanol–water partition coefficient (Wildman–Crippen LogP) is 2.62. The van der Waals surface area contributed by atoms with E-state index in [0.717, 1.165) is 12.2 Å². The van der Waals surface area contributed by atoms with Crippen LogP contribution in [0.25, 0.3) is 0 Å². The first kappa shape index (κ1) is 14.0. The van der Waals surface area contributed by atoms with Crippen LogP contribution in [0.1, 0.15) is 25.7 Å². The Morgan fingerprint density at radius 1 is 1.53 bits per heavy atom. The molecule has 0 fully saturated rings. The van der Waals surface area contributed by atoms with E-state index in [2.05, 4.69) is 39.3 Å². The van der Waals surface area contributed by atoms with E-state index in [9.17, 15) is 0 Å². The van der Waals surface area contributed by atoms with Crippen LogP contribution in [-0.4, -0.2) is 31.3 Å². The number of anilines is 1. The van der Waals surface area contributed by atoms with E-state index in [4.69, 9.17) is 23.8 Å². The second kappa shape index (κ2) is 6.12. The summed E-state index contributed by atoms with van der Waals surface area (Å²) < 4.78 is 2.64. The SMILES string of the molecule is CC(C)n1c(CCNc2ncncc2Cl)n[nH]c1=S. The summed E-state index contributed by atoms with van der Waals surface area (Å²) >= 11 is 11.2. The molecular weight excluding hydrogens is 284 g/mol. The van der Waals surface area contributed by atoms with Gasteiger partial charge in [-0.1, -0.05) is 11.6 Å². The van der Waals surface area contributed by atoms with E-state index in [0.29, 0.717) is 22.2 Å². The van der Waals surface area contributed by atoms with E-state index in [1.165, 1.54) is 6.33 Å². The molecule has 0 saturated heterocycles. The Balaban J connectivity index is 2.01. The van der Waals surface area contributed by atoms with Crippen molar-refractivity contribution in [1.82, 2.24) is 24.7 Å². The molecule has 2 aromatic rings. The van der Waals surface area contributed by atoms with E-state index in [-0.39, 0.29) is 6.04 Å². The number of H-pyrrole nitrogens is 1. The average Bonchev–Trinajstić information content (AvgIpc) is 2.73. The maximum atomic E-state index is 5.96. The first-order valence-electron chi connectivity index (χ1n) is 5.94. The van der Waals surface area contributed by atoms with Gasteiger partial charge < -0.3 is 9.88 Å². The third-order valence-electron chi connectivity index (χ3n) is 2.60. The minimum absolute atomic E-state index is 0.281. The molecule has 0 aliphatic rings. The first-order chi connectivity index (χ1) is 9.09. The number of hydrogen-bond donors (Lipinski definition) is 2. The van der Waals surface area contributed by atoms with Gasteiger partial charge in [-0.25, -0.2) is 9.97 Å². The number of aromatic amines is 1. The first-order valence-corrected chi connectivity index (χ1v) is 6.73. The van der Waals surface area contributed by atoms with Gasteiger partial charge in [0.15, 0.2) is 4.77 Å². The Kier molecular flexibility index (Phi) is 4.49. The molecule has 0 saturated carbocycles. The monoisotopic (exact) mass is 298 g/mol. The van der Waals surface area contributed by atoms with Crippen LogP contribution < -0.4 is 5.32 Å². The summed E-state index contributed by atoms with van der Waals surface area (Å²) in [4.78, 5) is 7.90. The van der Waals surface area contributed by atoms with Gasteiger partial charge in [-0.15, -0.1) is 0 Å². The molecule has 0 aliphatic carbocycles. The average molecular weight is 299 g/mol. The van der Waals surface area contributed by atoms with E-state index >= 15 is 0 Å². The topological polar surface area (TPSA) is 71.4 Å². The quantitative estimate of drug-likeness (QED) is 0.830. The largest absolute Gasteiger partial charge is 0.368 e. The van der Waals surface area contributed by atoms with Crippen LogP contribution in [0.5, 0.6) is 0 Å². The van der Waals surface area contributed by atoms with E-state index in [1.54, 1.807) is 6.20 Å². The second-order valence-corrected chi connectivity index (χ2v) is 5.10. The van der Waals surface area contributed by atoms with Crippen molar-refractivity contribution in [3.63, 3.8) is 0 Å². The third kappa shape index (κ3) is 3.30. The zero-order valence-corrected chi connectivity index (χ0v) is 12.3. The molecule has 0 radical (unpaired) electrons. The Morgan fingerprint density at radius 2 is 2.32 bits per heavy atom. The fourth-order valence-corrected chi connectivity index (χ4v) is 2.32. The van der Waals surface area contributed by atoms with Gasteiger partial charge in [0.1, 0.15) is 23.0 Å². The van der Waals surface area contributed by atoms with Crippen LogP contribution in [0.3, 0.4) is 0 Å². The molecule has 0 spiro atoms. The molecule has 2 aromatic heterocycles. The van der Waals surface area contributed by atoms with E-state index in [1.807, 2.05) is 4.57 Å². The molecule has 2 heterocycles. The van der Waals surface area contributed by atoms with Crippen molar-refractivity contribution in [2.45, 2.75) is 26.3 Å². The van der Waals surface area contributed by atoms with Crippen LogP contribution in [0.2, 0.25) is 5.02 Å². The molecule has 2 N–H and O–H groups in total. The Labute approximate surface area is 121 Å².